The Morgan fingerprint density at radius 1 is 1.09 bits per heavy atom. The van der Waals surface area contributed by atoms with Crippen molar-refractivity contribution >= 4 is 22.5 Å². The molecule has 7 nitrogen and oxygen atoms in total. The van der Waals surface area contributed by atoms with Crippen LogP contribution >= 0.6 is 0 Å². The first-order valence-corrected chi connectivity index (χ1v) is 10.9. The van der Waals surface area contributed by atoms with Crippen LogP contribution in [0.25, 0.3) is 10.9 Å². The van der Waals surface area contributed by atoms with Gasteiger partial charge in [0.1, 0.15) is 18.9 Å². The van der Waals surface area contributed by atoms with Crippen molar-refractivity contribution < 1.29 is 37.7 Å². The van der Waals surface area contributed by atoms with Crippen LogP contribution in [0, 0.1) is 0 Å². The molecule has 1 fully saturated rings. The number of anilines is 1. The number of carbonyl (C=O) groups excluding carboxylic acids is 1. The molecule has 1 aliphatic carbocycles. The van der Waals surface area contributed by atoms with Crippen LogP contribution in [0.15, 0.2) is 42.5 Å². The highest BCUT2D eigenvalue weighted by Crippen LogP contribution is 2.51. The lowest BCUT2D eigenvalue weighted by molar-refractivity contribution is -0.143. The summed E-state index contributed by atoms with van der Waals surface area (Å²) in [6, 6.07) is 10.9. The molecule has 34 heavy (non-hydrogen) atoms. The van der Waals surface area contributed by atoms with E-state index in [1.165, 1.54) is 18.2 Å². The molecule has 5 rings (SSSR count). The summed E-state index contributed by atoms with van der Waals surface area (Å²) < 4.78 is 52.8. The van der Waals surface area contributed by atoms with Gasteiger partial charge in [0.15, 0.2) is 11.5 Å². The molecule has 0 unspecified atom stereocenters. The molecular weight excluding hydrogens is 453 g/mol. The number of hydrogen-bond donors (Lipinski definition) is 3. The van der Waals surface area contributed by atoms with Gasteiger partial charge in [0.05, 0.1) is 24.7 Å². The van der Waals surface area contributed by atoms with Crippen molar-refractivity contribution in [1.82, 2.24) is 4.57 Å². The number of aromatic nitrogens is 1. The summed E-state index contributed by atoms with van der Waals surface area (Å²) in [4.78, 5) is 13.2. The fourth-order valence-corrected chi connectivity index (χ4v) is 4.41. The van der Waals surface area contributed by atoms with Crippen molar-refractivity contribution in [3.63, 3.8) is 0 Å². The highest BCUT2D eigenvalue weighted by molar-refractivity contribution is 6.02. The maximum Gasteiger partial charge on any atom is 0.431 e. The molecule has 1 aliphatic heterocycles. The zero-order valence-electron chi connectivity index (χ0n) is 18.1. The number of benzene rings is 2. The van der Waals surface area contributed by atoms with Crippen molar-refractivity contribution in [3.05, 3.63) is 53.7 Å². The minimum absolute atomic E-state index is 0.241. The molecular formula is C24H23F3N2O5. The molecule has 3 aromatic rings. The van der Waals surface area contributed by atoms with Gasteiger partial charge in [0, 0.05) is 16.6 Å². The van der Waals surface area contributed by atoms with Gasteiger partial charge in [-0.1, -0.05) is 6.07 Å². The van der Waals surface area contributed by atoms with Gasteiger partial charge in [-0.15, -0.1) is 0 Å². The molecule has 1 amide bonds. The van der Waals surface area contributed by atoms with E-state index in [1.54, 1.807) is 6.07 Å². The highest BCUT2D eigenvalue weighted by atomic mass is 19.4. The van der Waals surface area contributed by atoms with Gasteiger partial charge in [0.2, 0.25) is 5.91 Å². The Morgan fingerprint density at radius 3 is 2.50 bits per heavy atom. The second-order valence-corrected chi connectivity index (χ2v) is 8.64. The number of hydrogen-bond acceptors (Lipinski definition) is 5. The molecule has 2 aromatic carbocycles. The van der Waals surface area contributed by atoms with Crippen LogP contribution < -0.4 is 14.8 Å². The van der Waals surface area contributed by atoms with Gasteiger partial charge < -0.3 is 29.6 Å². The van der Waals surface area contributed by atoms with Crippen LogP contribution in [0.2, 0.25) is 0 Å². The molecule has 1 atom stereocenters. The first-order chi connectivity index (χ1) is 16.2. The van der Waals surface area contributed by atoms with E-state index in [0.29, 0.717) is 43.2 Å². The van der Waals surface area contributed by atoms with Crippen LogP contribution in [-0.2, 0) is 22.9 Å². The van der Waals surface area contributed by atoms with E-state index in [0.717, 1.165) is 16.2 Å². The molecule has 1 saturated carbocycles. The lowest BCUT2D eigenvalue weighted by Gasteiger charge is -2.21. The van der Waals surface area contributed by atoms with Gasteiger partial charge in [-0.05, 0) is 54.8 Å². The normalized spacial score (nSPS) is 17.4. The minimum Gasteiger partial charge on any atom is -0.486 e. The maximum atomic E-state index is 13.6. The summed E-state index contributed by atoms with van der Waals surface area (Å²) in [5, 5.41) is 21.9. The first kappa shape index (κ1) is 22.5. The van der Waals surface area contributed by atoms with Gasteiger partial charge >= 0.3 is 6.18 Å². The number of aliphatic hydroxyl groups excluding tert-OH is 2. The summed E-state index contributed by atoms with van der Waals surface area (Å²) in [5.74, 6) is 0.984. The maximum absolute atomic E-state index is 13.6. The molecule has 0 saturated heterocycles. The monoisotopic (exact) mass is 476 g/mol. The minimum atomic E-state index is -4.64. The molecule has 2 heterocycles. The lowest BCUT2D eigenvalue weighted by Crippen LogP contribution is -2.28. The van der Waals surface area contributed by atoms with Crippen LogP contribution in [0.1, 0.15) is 24.1 Å². The van der Waals surface area contributed by atoms with E-state index < -0.39 is 36.5 Å². The zero-order valence-corrected chi connectivity index (χ0v) is 18.1. The molecule has 0 bridgehead atoms. The Bertz CT molecular complexity index is 1250. The third-order valence-corrected chi connectivity index (χ3v) is 6.33. The van der Waals surface area contributed by atoms with E-state index in [1.807, 2.05) is 12.1 Å². The summed E-state index contributed by atoms with van der Waals surface area (Å²) in [6.07, 6.45) is -4.69. The number of halogens is 3. The van der Waals surface area contributed by atoms with Crippen molar-refractivity contribution in [2.45, 2.75) is 37.1 Å². The molecule has 1 aromatic heterocycles. The molecule has 10 heteroatoms. The third-order valence-electron chi connectivity index (χ3n) is 6.33. The topological polar surface area (TPSA) is 93.0 Å². The third kappa shape index (κ3) is 3.97. The van der Waals surface area contributed by atoms with Crippen molar-refractivity contribution in [1.29, 1.82) is 0 Å². The average molecular weight is 476 g/mol. The van der Waals surface area contributed by atoms with E-state index in [2.05, 4.69) is 5.32 Å². The van der Waals surface area contributed by atoms with Crippen LogP contribution in [0.3, 0.4) is 0 Å². The number of alkyl halides is 3. The number of rotatable bonds is 6. The Labute approximate surface area is 192 Å². The SMILES string of the molecule is O=C(Nc1ccc2c(c1)cc(C(F)(F)F)n2C[C@@H](O)CO)C1(c2ccc3c(c2)OCCO3)CC1. The van der Waals surface area contributed by atoms with Crippen LogP contribution in [-0.4, -0.2) is 46.6 Å². The van der Waals surface area contributed by atoms with E-state index in [4.69, 9.17) is 14.6 Å². The van der Waals surface area contributed by atoms with Gasteiger partial charge in [-0.2, -0.15) is 13.2 Å². The van der Waals surface area contributed by atoms with Crippen LogP contribution in [0.5, 0.6) is 11.5 Å². The summed E-state index contributed by atoms with van der Waals surface area (Å²) in [7, 11) is 0. The number of aliphatic hydroxyl groups is 2. The van der Waals surface area contributed by atoms with Gasteiger partial charge in [0.25, 0.3) is 0 Å². The lowest BCUT2D eigenvalue weighted by atomic mass is 9.94. The number of fused-ring (bicyclic) bond motifs is 2. The van der Waals surface area contributed by atoms with E-state index >= 15 is 0 Å². The molecule has 0 spiro atoms. The molecule has 3 N–H and O–H groups in total. The predicted octanol–water partition coefficient (Wildman–Crippen LogP) is 3.45. The Kier molecular flexibility index (Phi) is 5.44. The zero-order chi connectivity index (χ0) is 24.1. The van der Waals surface area contributed by atoms with E-state index in [-0.39, 0.29) is 16.8 Å². The van der Waals surface area contributed by atoms with Crippen molar-refractivity contribution in [2.75, 3.05) is 25.1 Å². The van der Waals surface area contributed by atoms with E-state index in [9.17, 15) is 23.1 Å². The van der Waals surface area contributed by atoms with Crippen molar-refractivity contribution in [2.24, 2.45) is 0 Å². The largest absolute Gasteiger partial charge is 0.486 e. The number of ether oxygens (including phenoxy) is 2. The number of nitrogens with one attached hydrogen (secondary N) is 1. The quantitative estimate of drug-likeness (QED) is 0.507. The first-order valence-electron chi connectivity index (χ1n) is 10.9. The highest BCUT2D eigenvalue weighted by Gasteiger charge is 2.51. The number of amides is 1. The van der Waals surface area contributed by atoms with Gasteiger partial charge in [-0.25, -0.2) is 0 Å². The fraction of sp³-hybridized carbons (Fsp3) is 0.375. The van der Waals surface area contributed by atoms with Gasteiger partial charge in [-0.3, -0.25) is 4.79 Å². The second-order valence-electron chi connectivity index (χ2n) is 8.64. The predicted molar refractivity (Wildman–Crippen MR) is 117 cm³/mol. The summed E-state index contributed by atoms with van der Waals surface area (Å²) >= 11 is 0. The molecule has 180 valence electrons. The Morgan fingerprint density at radius 2 is 1.82 bits per heavy atom. The second kappa shape index (κ2) is 8.21. The standard InChI is InChI=1S/C24H23F3N2O5/c25-24(26,27)21-10-14-9-16(2-3-18(14)29(21)12-17(31)13-30)28-22(32)23(5-6-23)15-1-4-19-20(11-15)34-8-7-33-19/h1-4,9-11,17,30-31H,5-8,12-13H2,(H,28,32)/t17-/m1/s1. The molecule has 2 aliphatic rings. The number of nitrogens with zero attached hydrogens (tertiary/aromatic N) is 1. The number of carbonyl (C=O) groups is 1. The van der Waals surface area contributed by atoms with Crippen LogP contribution in [0.4, 0.5) is 18.9 Å². The molecule has 0 radical (unpaired) electrons. The smallest absolute Gasteiger partial charge is 0.431 e. The Balaban J connectivity index is 1.42. The Hall–Kier alpha value is -3.24. The summed E-state index contributed by atoms with van der Waals surface area (Å²) in [6.45, 7) is -0.164. The summed E-state index contributed by atoms with van der Waals surface area (Å²) in [5.41, 5.74) is -0.244. The average Bonchev–Trinajstić information content (AvgIpc) is 3.55. The fourth-order valence-electron chi connectivity index (χ4n) is 4.41. The van der Waals surface area contributed by atoms with Crippen molar-refractivity contribution in [3.8, 4) is 11.5 Å².